The van der Waals surface area contributed by atoms with Crippen LogP contribution in [0.5, 0.6) is 0 Å². The third kappa shape index (κ3) is 5.44. The van der Waals surface area contributed by atoms with Crippen molar-refractivity contribution in [2.45, 2.75) is 33.5 Å². The highest BCUT2D eigenvalue weighted by atomic mass is 16.6. The molecule has 2 aromatic carbocycles. The first kappa shape index (κ1) is 18.1. The summed E-state index contributed by atoms with van der Waals surface area (Å²) in [5, 5.41) is 10.8. The molecule has 0 unspecified atom stereocenters. The molecule has 24 heavy (non-hydrogen) atoms. The Labute approximate surface area is 143 Å². The Hall–Kier alpha value is -2.24. The van der Waals surface area contributed by atoms with Crippen LogP contribution >= 0.6 is 0 Å². The molecule has 5 heteroatoms. The molecule has 2 rings (SSSR count). The monoisotopic (exact) mass is 327 g/mol. The minimum atomic E-state index is -0.366. The molecule has 0 aliphatic rings. The van der Waals surface area contributed by atoms with Crippen molar-refractivity contribution >= 4 is 5.69 Å². The predicted molar refractivity (Wildman–Crippen MR) is 96.4 cm³/mol. The van der Waals surface area contributed by atoms with E-state index in [0.717, 1.165) is 30.8 Å². The van der Waals surface area contributed by atoms with Gasteiger partial charge in [0.05, 0.1) is 4.92 Å². The lowest BCUT2D eigenvalue weighted by atomic mass is 10.1. The van der Waals surface area contributed by atoms with Crippen LogP contribution in [0, 0.1) is 16.0 Å². The number of nitro benzene ring substituents is 1. The highest BCUT2D eigenvalue weighted by molar-refractivity contribution is 5.33. The Bertz CT molecular complexity index is 651. The summed E-state index contributed by atoms with van der Waals surface area (Å²) >= 11 is 0. The van der Waals surface area contributed by atoms with E-state index in [0.29, 0.717) is 12.5 Å². The number of hydrogen-bond acceptors (Lipinski definition) is 4. The van der Waals surface area contributed by atoms with Crippen molar-refractivity contribution < 1.29 is 4.92 Å². The second-order valence-corrected chi connectivity index (χ2v) is 6.51. The first-order valence-corrected chi connectivity index (χ1v) is 8.21. The second-order valence-electron chi connectivity index (χ2n) is 6.51. The zero-order valence-electron chi connectivity index (χ0n) is 14.3. The Morgan fingerprint density at radius 3 is 1.83 bits per heavy atom. The zero-order chi connectivity index (χ0) is 17.5. The minimum absolute atomic E-state index is 0.131. The van der Waals surface area contributed by atoms with Gasteiger partial charge in [-0.25, -0.2) is 0 Å². The molecule has 2 N–H and O–H groups in total. The number of hydrogen-bond donors (Lipinski definition) is 1. The van der Waals surface area contributed by atoms with Gasteiger partial charge >= 0.3 is 0 Å². The quantitative estimate of drug-likeness (QED) is 0.592. The number of non-ortho nitro benzene ring substituents is 1. The normalized spacial score (nSPS) is 11.2. The molecule has 0 aliphatic heterocycles. The van der Waals surface area contributed by atoms with E-state index in [-0.39, 0.29) is 10.6 Å². The van der Waals surface area contributed by atoms with Crippen LogP contribution in [0.2, 0.25) is 0 Å². The molecule has 5 nitrogen and oxygen atoms in total. The fraction of sp³-hybridized carbons (Fsp3) is 0.368. The molecule has 0 fully saturated rings. The van der Waals surface area contributed by atoms with Gasteiger partial charge in [0, 0.05) is 38.3 Å². The number of rotatable bonds is 8. The maximum atomic E-state index is 10.8. The number of nitro groups is 1. The molecular formula is C19H25N3O2. The lowest BCUT2D eigenvalue weighted by Crippen LogP contribution is -2.27. The van der Waals surface area contributed by atoms with Crippen LogP contribution in [0.1, 0.15) is 30.5 Å². The van der Waals surface area contributed by atoms with E-state index in [1.54, 1.807) is 12.1 Å². The van der Waals surface area contributed by atoms with Gasteiger partial charge in [0.15, 0.2) is 0 Å². The Balaban J connectivity index is 2.07. The highest BCUT2D eigenvalue weighted by Gasteiger charge is 2.11. The topological polar surface area (TPSA) is 72.4 Å². The molecule has 0 spiro atoms. The Morgan fingerprint density at radius 1 is 0.958 bits per heavy atom. The third-order valence-corrected chi connectivity index (χ3v) is 3.84. The SMILES string of the molecule is CC(C)CN(Cc1ccc(CN)cc1)Cc1ccc([N+](=O)[O-])cc1. The Morgan fingerprint density at radius 2 is 1.42 bits per heavy atom. The van der Waals surface area contributed by atoms with Crippen LogP contribution in [-0.4, -0.2) is 16.4 Å². The van der Waals surface area contributed by atoms with Gasteiger partial charge in [0.25, 0.3) is 5.69 Å². The van der Waals surface area contributed by atoms with E-state index >= 15 is 0 Å². The standard InChI is InChI=1S/C19H25N3O2/c1-15(2)12-21(13-17-5-3-16(11-20)4-6-17)14-18-7-9-19(10-8-18)22(23)24/h3-10,15H,11-14,20H2,1-2H3. The van der Waals surface area contributed by atoms with Gasteiger partial charge in [-0.15, -0.1) is 0 Å². The van der Waals surface area contributed by atoms with Crippen LogP contribution in [0.15, 0.2) is 48.5 Å². The maximum Gasteiger partial charge on any atom is 0.269 e. The molecule has 0 amide bonds. The lowest BCUT2D eigenvalue weighted by Gasteiger charge is -2.24. The molecule has 2 aromatic rings. The molecule has 128 valence electrons. The van der Waals surface area contributed by atoms with Crippen LogP contribution in [0.3, 0.4) is 0 Å². The second kappa shape index (κ2) is 8.57. The van der Waals surface area contributed by atoms with Gasteiger partial charge in [-0.1, -0.05) is 50.2 Å². The summed E-state index contributed by atoms with van der Waals surface area (Å²) in [7, 11) is 0. The molecule has 0 saturated heterocycles. The average molecular weight is 327 g/mol. The van der Waals surface area contributed by atoms with Crippen molar-refractivity contribution in [3.05, 3.63) is 75.3 Å². The van der Waals surface area contributed by atoms with Crippen molar-refractivity contribution in [3.8, 4) is 0 Å². The average Bonchev–Trinajstić information content (AvgIpc) is 2.55. The molecule has 0 radical (unpaired) electrons. The van der Waals surface area contributed by atoms with Crippen molar-refractivity contribution in [3.63, 3.8) is 0 Å². The summed E-state index contributed by atoms with van der Waals surface area (Å²) in [5.74, 6) is 0.548. The number of nitrogens with two attached hydrogens (primary N) is 1. The van der Waals surface area contributed by atoms with Crippen LogP contribution < -0.4 is 5.73 Å². The fourth-order valence-corrected chi connectivity index (χ4v) is 2.72. The maximum absolute atomic E-state index is 10.8. The molecule has 0 heterocycles. The largest absolute Gasteiger partial charge is 0.326 e. The predicted octanol–water partition coefficient (Wildman–Crippen LogP) is 3.71. The van der Waals surface area contributed by atoms with Gasteiger partial charge in [0.2, 0.25) is 0 Å². The van der Waals surface area contributed by atoms with Crippen LogP contribution in [0.4, 0.5) is 5.69 Å². The lowest BCUT2D eigenvalue weighted by molar-refractivity contribution is -0.384. The molecule has 0 aromatic heterocycles. The number of nitrogens with zero attached hydrogens (tertiary/aromatic N) is 2. The van der Waals surface area contributed by atoms with E-state index < -0.39 is 0 Å². The number of benzene rings is 2. The molecular weight excluding hydrogens is 302 g/mol. The first-order chi connectivity index (χ1) is 11.5. The molecule has 0 atom stereocenters. The van der Waals surface area contributed by atoms with Crippen molar-refractivity contribution in [2.75, 3.05) is 6.54 Å². The third-order valence-electron chi connectivity index (χ3n) is 3.84. The highest BCUT2D eigenvalue weighted by Crippen LogP contribution is 2.16. The van der Waals surface area contributed by atoms with E-state index in [2.05, 4.69) is 43.0 Å². The van der Waals surface area contributed by atoms with Crippen molar-refractivity contribution in [1.82, 2.24) is 4.90 Å². The summed E-state index contributed by atoms with van der Waals surface area (Å²) in [4.78, 5) is 12.8. The van der Waals surface area contributed by atoms with Gasteiger partial charge < -0.3 is 5.73 Å². The van der Waals surface area contributed by atoms with Gasteiger partial charge in [-0.2, -0.15) is 0 Å². The van der Waals surface area contributed by atoms with Gasteiger partial charge in [0.1, 0.15) is 0 Å². The van der Waals surface area contributed by atoms with Crippen molar-refractivity contribution in [1.29, 1.82) is 0 Å². The van der Waals surface area contributed by atoms with E-state index in [9.17, 15) is 10.1 Å². The van der Waals surface area contributed by atoms with Crippen LogP contribution in [0.25, 0.3) is 0 Å². The summed E-state index contributed by atoms with van der Waals surface area (Å²) in [6, 6.07) is 15.2. The van der Waals surface area contributed by atoms with E-state index in [4.69, 9.17) is 5.73 Å². The summed E-state index contributed by atoms with van der Waals surface area (Å²) in [6.07, 6.45) is 0. The summed E-state index contributed by atoms with van der Waals surface area (Å²) in [5.41, 5.74) is 9.23. The minimum Gasteiger partial charge on any atom is -0.326 e. The Kier molecular flexibility index (Phi) is 6.46. The summed E-state index contributed by atoms with van der Waals surface area (Å²) in [6.45, 7) is 7.53. The van der Waals surface area contributed by atoms with E-state index in [1.165, 1.54) is 5.56 Å². The van der Waals surface area contributed by atoms with Crippen molar-refractivity contribution in [2.24, 2.45) is 11.7 Å². The van der Waals surface area contributed by atoms with Gasteiger partial charge in [-0.05, 0) is 22.6 Å². The first-order valence-electron chi connectivity index (χ1n) is 8.21. The summed E-state index contributed by atoms with van der Waals surface area (Å²) < 4.78 is 0. The smallest absolute Gasteiger partial charge is 0.269 e. The molecule has 0 saturated carbocycles. The van der Waals surface area contributed by atoms with E-state index in [1.807, 2.05) is 12.1 Å². The zero-order valence-corrected chi connectivity index (χ0v) is 14.3. The fourth-order valence-electron chi connectivity index (χ4n) is 2.72. The molecule has 0 bridgehead atoms. The molecule has 0 aliphatic carbocycles. The van der Waals surface area contributed by atoms with Gasteiger partial charge in [-0.3, -0.25) is 15.0 Å². The van der Waals surface area contributed by atoms with Crippen LogP contribution in [-0.2, 0) is 19.6 Å².